The van der Waals surface area contributed by atoms with Gasteiger partial charge in [0.1, 0.15) is 6.61 Å². The number of carbonyl (C=O) groups is 4. The van der Waals surface area contributed by atoms with E-state index in [0.29, 0.717) is 32.3 Å². The predicted molar refractivity (Wildman–Crippen MR) is 196 cm³/mol. The van der Waals surface area contributed by atoms with Gasteiger partial charge in [-0.3, -0.25) is 24.2 Å². The number of nitrogens with one attached hydrogen (secondary N) is 4. The molecule has 3 aromatic rings. The molecule has 1 aromatic heterocycles. The molecule has 49 heavy (non-hydrogen) atoms. The maximum Gasteiger partial charge on any atom is -0.171 e. The molecule has 0 spiro atoms. The van der Waals surface area contributed by atoms with Gasteiger partial charge in [0.25, 0.3) is 0 Å². The van der Waals surface area contributed by atoms with Crippen molar-refractivity contribution in [3.63, 3.8) is 0 Å². The van der Waals surface area contributed by atoms with Gasteiger partial charge in [-0.15, -0.1) is 0 Å². The first-order valence-corrected chi connectivity index (χ1v) is 22.5. The van der Waals surface area contributed by atoms with E-state index in [0.717, 1.165) is 22.3 Å². The number of pyridine rings is 1. The molecule has 3 rings (SSSR count). The molecule has 0 bridgehead atoms. The fourth-order valence-electron chi connectivity index (χ4n) is 4.59. The van der Waals surface area contributed by atoms with Crippen LogP contribution in [0.15, 0.2) is 79.1 Å². The Morgan fingerprint density at radius 1 is 0.816 bits per heavy atom. The normalized spacial score (nSPS) is 11.3. The van der Waals surface area contributed by atoms with Crippen LogP contribution in [0.4, 0.5) is 0 Å². The number of ether oxygens (including phenoxy) is 2. The molecule has 0 radical (unpaired) electrons. The summed E-state index contributed by atoms with van der Waals surface area (Å²) >= 11 is 4.23. The van der Waals surface area contributed by atoms with Crippen molar-refractivity contribution in [1.29, 1.82) is 0 Å². The monoisotopic (exact) mass is 967 g/mol. The number of hydrogen-bond acceptors (Lipinski definition) is 7. The number of benzene rings is 2. The number of aryl methyl sites for hydroxylation is 1. The van der Waals surface area contributed by atoms with Gasteiger partial charge < -0.3 is 31.6 Å². The van der Waals surface area contributed by atoms with Gasteiger partial charge in [-0.1, -0.05) is 61.5 Å². The van der Waals surface area contributed by atoms with E-state index in [2.05, 4.69) is 51.1 Å². The molecule has 0 aliphatic rings. The second-order valence-corrected chi connectivity index (χ2v) is 10.8. The fourth-order valence-corrected chi connectivity index (χ4v) is 4.59. The van der Waals surface area contributed by atoms with Crippen molar-refractivity contribution in [3.8, 4) is 11.1 Å². The van der Waals surface area contributed by atoms with Crippen LogP contribution in [-0.4, -0.2) is 67.6 Å². The zero-order chi connectivity index (χ0) is 36.3. The Morgan fingerprint density at radius 3 is 2.06 bits per heavy atom. The van der Waals surface area contributed by atoms with Crippen molar-refractivity contribution in [2.24, 2.45) is 5.92 Å². The second kappa shape index (κ2) is 27.6. The Bertz CT molecular complexity index is 1350. The van der Waals surface area contributed by atoms with Gasteiger partial charge in [0, 0.05) is 31.3 Å². The molecule has 2 amide bonds. The first-order chi connectivity index (χ1) is 23.7. The Kier molecular flexibility index (Phi) is 24.7. The smallest absolute Gasteiger partial charge is 0.171 e. The summed E-state index contributed by atoms with van der Waals surface area (Å²) in [5, 5.41) is 5.71. The van der Waals surface area contributed by atoms with Crippen LogP contribution >= 0.6 is 19.4 Å². The van der Waals surface area contributed by atoms with Crippen LogP contribution in [0.25, 0.3) is 22.6 Å². The number of amides is 2. The summed E-state index contributed by atoms with van der Waals surface area (Å²) in [4.78, 5) is 53.2. The number of esters is 2. The van der Waals surface area contributed by atoms with Crippen LogP contribution in [-0.2, 0) is 57.6 Å². The van der Waals surface area contributed by atoms with Gasteiger partial charge >= 0.3 is 47.4 Å². The Morgan fingerprint density at radius 2 is 1.45 bits per heavy atom. The second-order valence-electron chi connectivity index (χ2n) is 10.8. The van der Waals surface area contributed by atoms with Gasteiger partial charge in [0.05, 0.1) is 25.5 Å². The van der Waals surface area contributed by atoms with Gasteiger partial charge in [-0.2, -0.15) is 13.1 Å². The molecule has 271 valence electrons. The Hall–Kier alpha value is -3.19. The minimum Gasteiger partial charge on any atom is -0.679 e. The summed E-state index contributed by atoms with van der Waals surface area (Å²) < 4.78 is 10.3. The number of carbonyl (C=O) groups excluding carboxylic acids is 4. The van der Waals surface area contributed by atoms with Crippen LogP contribution in [0.3, 0.4) is 0 Å². The van der Waals surface area contributed by atoms with E-state index in [-0.39, 0.29) is 62.9 Å². The first-order valence-electron chi connectivity index (χ1n) is 16.1. The van der Waals surface area contributed by atoms with Gasteiger partial charge in [0.2, 0.25) is 11.8 Å². The largest absolute Gasteiger partial charge is 0.679 e. The SMILES string of the molecule is CCOC(=O)[C@H](C)C[C@@H](Cc1ccc(-c2ccccc2)cc1)NC(=O)CCC(=O)OCCNC(=O)CCc1ccncc1.[I][Pt].[NH-]CC[NH-]. The summed E-state index contributed by atoms with van der Waals surface area (Å²) in [6.45, 7) is 4.53. The van der Waals surface area contributed by atoms with Crippen LogP contribution in [0, 0.1) is 5.92 Å². The third-order valence-corrected chi connectivity index (χ3v) is 6.99. The van der Waals surface area contributed by atoms with E-state index < -0.39 is 11.9 Å². The molecule has 0 unspecified atom stereocenters. The topological polar surface area (TPSA) is 171 Å². The average molecular weight is 968 g/mol. The van der Waals surface area contributed by atoms with Crippen molar-refractivity contribution >= 4 is 43.1 Å². The molecule has 0 aliphatic carbocycles. The summed E-state index contributed by atoms with van der Waals surface area (Å²) in [6, 6.07) is 21.6. The van der Waals surface area contributed by atoms with E-state index in [1.54, 1.807) is 26.2 Å². The average Bonchev–Trinajstić information content (AvgIpc) is 3.13. The number of nitrogens with zero attached hydrogens (tertiary/aromatic N) is 1. The standard InChI is InChI=1S/C34H41N3O6.C2H6N2.HI.Pt/c1-3-42-34(41)25(2)23-30(24-27-9-12-29(13-10-27)28-7-5-4-6-8-28)37-32(39)15-16-33(40)43-22-21-36-31(38)14-11-26-17-19-35-20-18-26;3-1-2-4;;/h4-10,12-13,17-20,25,30H,3,11,14-16,21-24H2,1-2H3,(H,36,38)(H,37,39);3-4H,1-2H2;1H;/q;-2;;+1/p-1/t25-,30+;;;/m1.../s1. The van der Waals surface area contributed by atoms with E-state index >= 15 is 0 Å². The number of halogens is 1. The zero-order valence-corrected chi connectivity index (χ0v) is 32.5. The molecule has 0 saturated carbocycles. The molecular formula is C36H47IN5O6Pt-2. The van der Waals surface area contributed by atoms with E-state index in [4.69, 9.17) is 20.9 Å². The third-order valence-electron chi connectivity index (χ3n) is 6.99. The molecule has 4 N–H and O–H groups in total. The third kappa shape index (κ3) is 20.2. The minimum atomic E-state index is -0.519. The van der Waals surface area contributed by atoms with Crippen molar-refractivity contribution in [2.75, 3.05) is 32.8 Å². The summed E-state index contributed by atoms with van der Waals surface area (Å²) in [5.74, 6) is -1.67. The van der Waals surface area contributed by atoms with Crippen LogP contribution in [0.5, 0.6) is 0 Å². The molecule has 2 atom stereocenters. The maximum absolute atomic E-state index is 12.8. The van der Waals surface area contributed by atoms with Gasteiger partial charge in [-0.25, -0.2) is 0 Å². The molecule has 2 aromatic carbocycles. The summed E-state index contributed by atoms with van der Waals surface area (Å²) in [5.41, 5.74) is 16.8. The van der Waals surface area contributed by atoms with E-state index in [1.807, 2.05) is 66.7 Å². The van der Waals surface area contributed by atoms with Crippen LogP contribution < -0.4 is 10.6 Å². The first kappa shape index (κ1) is 43.8. The molecule has 0 fully saturated rings. The van der Waals surface area contributed by atoms with Crippen molar-refractivity contribution in [1.82, 2.24) is 15.6 Å². The molecular weight excluding hydrogens is 920 g/mol. The molecule has 11 nitrogen and oxygen atoms in total. The summed E-state index contributed by atoms with van der Waals surface area (Å²) in [6.07, 6.45) is 5.07. The molecule has 13 heteroatoms. The quantitative estimate of drug-likeness (QED) is 0.0843. The number of rotatable bonds is 18. The summed E-state index contributed by atoms with van der Waals surface area (Å²) in [7, 11) is 0. The van der Waals surface area contributed by atoms with E-state index in [1.165, 1.54) is 0 Å². The number of aromatic nitrogens is 1. The van der Waals surface area contributed by atoms with Crippen molar-refractivity contribution in [3.05, 3.63) is 102 Å². The minimum absolute atomic E-state index is 0.0279. The number of hydrogen-bond donors (Lipinski definition) is 2. The van der Waals surface area contributed by atoms with Crippen LogP contribution in [0.2, 0.25) is 0 Å². The Balaban J connectivity index is 0.00000186. The van der Waals surface area contributed by atoms with Gasteiger partial charge in [-0.05, 0) is 60.6 Å². The molecule has 0 aliphatic heterocycles. The Labute approximate surface area is 311 Å². The van der Waals surface area contributed by atoms with Crippen molar-refractivity contribution in [2.45, 2.75) is 58.4 Å². The van der Waals surface area contributed by atoms with Crippen LogP contribution in [0.1, 0.15) is 50.7 Å². The predicted octanol–water partition coefficient (Wildman–Crippen LogP) is 6.41. The molecule has 0 saturated heterocycles. The van der Waals surface area contributed by atoms with E-state index in [9.17, 15) is 19.2 Å². The maximum atomic E-state index is 12.8. The zero-order valence-electron chi connectivity index (χ0n) is 28.0. The van der Waals surface area contributed by atoms with Gasteiger partial charge in [0.15, 0.2) is 0 Å². The molecule has 1 heterocycles. The van der Waals surface area contributed by atoms with Crippen molar-refractivity contribution < 1.29 is 44.8 Å². The fraction of sp³-hybridized carbons (Fsp3) is 0.417.